The van der Waals surface area contributed by atoms with Crippen molar-refractivity contribution in [2.24, 2.45) is 0 Å². The van der Waals surface area contributed by atoms with E-state index < -0.39 is 68.0 Å². The van der Waals surface area contributed by atoms with E-state index in [1.54, 1.807) is 0 Å². The topological polar surface area (TPSA) is 179 Å². The lowest BCUT2D eigenvalue weighted by Crippen LogP contribution is -2.64. The fourth-order valence-corrected chi connectivity index (χ4v) is 2.97. The minimum atomic E-state index is -1.66. The van der Waals surface area contributed by atoms with Crippen LogP contribution in [0.1, 0.15) is 6.42 Å². The van der Waals surface area contributed by atoms with Crippen LogP contribution in [0, 0.1) is 0 Å². The smallest absolute Gasteiger partial charge is 0.187 e. The molecule has 10 unspecified atom stereocenters. The SMILES string of the molecule is COC1OC(CO)C(OC2OC(CCO)C(O)C(O)C2O)C(O)C1O. The van der Waals surface area contributed by atoms with Crippen molar-refractivity contribution in [2.75, 3.05) is 20.3 Å². The summed E-state index contributed by atoms with van der Waals surface area (Å²) in [4.78, 5) is 0. The Bertz CT molecular complexity index is 408. The molecule has 10 atom stereocenters. The number of hydrogen-bond acceptors (Lipinski definition) is 11. The molecule has 0 aromatic rings. The Balaban J connectivity index is 2.12. The molecule has 2 rings (SSSR count). The molecule has 0 bridgehead atoms. The maximum absolute atomic E-state index is 10.2. The van der Waals surface area contributed by atoms with Gasteiger partial charge in [0.05, 0.1) is 12.7 Å². The van der Waals surface area contributed by atoms with Crippen LogP contribution in [0.25, 0.3) is 0 Å². The van der Waals surface area contributed by atoms with E-state index in [1.807, 2.05) is 0 Å². The van der Waals surface area contributed by atoms with Crippen molar-refractivity contribution in [3.8, 4) is 0 Å². The van der Waals surface area contributed by atoms with Crippen molar-refractivity contribution in [1.29, 1.82) is 0 Å². The lowest BCUT2D eigenvalue weighted by Gasteiger charge is -2.46. The summed E-state index contributed by atoms with van der Waals surface area (Å²) in [7, 11) is 1.25. The van der Waals surface area contributed by atoms with Gasteiger partial charge in [-0.15, -0.1) is 0 Å². The fourth-order valence-electron chi connectivity index (χ4n) is 2.97. The summed E-state index contributed by atoms with van der Waals surface area (Å²) in [6.45, 7) is -0.914. The first-order chi connectivity index (χ1) is 11.8. The predicted octanol–water partition coefficient (Wildman–Crippen LogP) is -4.35. The first kappa shape index (κ1) is 20.9. The second-order valence-corrected chi connectivity index (χ2v) is 6.07. The lowest BCUT2D eigenvalue weighted by molar-refractivity contribution is -0.356. The summed E-state index contributed by atoms with van der Waals surface area (Å²) in [5, 5.41) is 68.4. The molecule has 2 aliphatic rings. The highest BCUT2D eigenvalue weighted by Gasteiger charge is 2.50. The van der Waals surface area contributed by atoms with Crippen molar-refractivity contribution in [1.82, 2.24) is 0 Å². The van der Waals surface area contributed by atoms with E-state index in [2.05, 4.69) is 0 Å². The van der Waals surface area contributed by atoms with Crippen LogP contribution in [-0.4, -0.2) is 117 Å². The molecule has 148 valence electrons. The average Bonchev–Trinajstić information content (AvgIpc) is 2.61. The van der Waals surface area contributed by atoms with Crippen molar-refractivity contribution >= 4 is 0 Å². The minimum absolute atomic E-state index is 0.0215. The van der Waals surface area contributed by atoms with E-state index in [0.29, 0.717) is 0 Å². The van der Waals surface area contributed by atoms with Gasteiger partial charge < -0.3 is 54.7 Å². The molecule has 0 amide bonds. The van der Waals surface area contributed by atoms with E-state index in [4.69, 9.17) is 24.1 Å². The van der Waals surface area contributed by atoms with Gasteiger partial charge in [-0.1, -0.05) is 0 Å². The summed E-state index contributed by atoms with van der Waals surface area (Å²) >= 11 is 0. The third-order valence-electron chi connectivity index (χ3n) is 4.43. The molecular formula is C14H26O11. The molecular weight excluding hydrogens is 344 g/mol. The molecule has 2 saturated heterocycles. The number of hydrogen-bond donors (Lipinski definition) is 7. The molecule has 0 radical (unpaired) electrons. The maximum atomic E-state index is 10.2. The molecule has 11 nitrogen and oxygen atoms in total. The summed E-state index contributed by atoms with van der Waals surface area (Å²) in [6.07, 6.45) is -13.8. The van der Waals surface area contributed by atoms with Crippen molar-refractivity contribution in [3.63, 3.8) is 0 Å². The molecule has 0 saturated carbocycles. The normalized spacial score (nSPS) is 48.5. The van der Waals surface area contributed by atoms with Gasteiger partial charge in [0.2, 0.25) is 0 Å². The molecule has 0 aromatic carbocycles. The standard InChI is InChI=1S/C14H26O11/c1-22-13-11(21)9(19)12(6(4-16)24-13)25-14-10(20)8(18)7(17)5(23-14)2-3-15/h5-21H,2-4H2,1H3. The van der Waals surface area contributed by atoms with Gasteiger partial charge in [0, 0.05) is 13.7 Å². The van der Waals surface area contributed by atoms with Crippen LogP contribution in [0.4, 0.5) is 0 Å². The highest BCUT2D eigenvalue weighted by molar-refractivity contribution is 4.94. The van der Waals surface area contributed by atoms with Crippen LogP contribution in [-0.2, 0) is 18.9 Å². The molecule has 0 spiro atoms. The Morgan fingerprint density at radius 3 is 1.92 bits per heavy atom. The van der Waals surface area contributed by atoms with E-state index in [1.165, 1.54) is 7.11 Å². The Kier molecular flexibility index (Phi) is 7.49. The highest BCUT2D eigenvalue weighted by Crippen LogP contribution is 2.29. The monoisotopic (exact) mass is 370 g/mol. The molecule has 7 N–H and O–H groups in total. The molecule has 0 aromatic heterocycles. The minimum Gasteiger partial charge on any atom is -0.396 e. The van der Waals surface area contributed by atoms with Gasteiger partial charge in [0.15, 0.2) is 12.6 Å². The molecule has 2 aliphatic heterocycles. The van der Waals surface area contributed by atoms with Gasteiger partial charge in [-0.25, -0.2) is 0 Å². The average molecular weight is 370 g/mol. The molecule has 11 heteroatoms. The third-order valence-corrected chi connectivity index (χ3v) is 4.43. The Labute approximate surface area is 143 Å². The highest BCUT2D eigenvalue weighted by atomic mass is 16.7. The summed E-state index contributed by atoms with van der Waals surface area (Å²) in [6, 6.07) is 0. The largest absolute Gasteiger partial charge is 0.396 e. The quantitative estimate of drug-likeness (QED) is 0.240. The fraction of sp³-hybridized carbons (Fsp3) is 1.00. The zero-order valence-electron chi connectivity index (χ0n) is 13.7. The number of methoxy groups -OCH3 is 1. The summed E-state index contributed by atoms with van der Waals surface area (Å²) < 4.78 is 20.9. The van der Waals surface area contributed by atoms with Crippen LogP contribution >= 0.6 is 0 Å². The van der Waals surface area contributed by atoms with Crippen LogP contribution in [0.15, 0.2) is 0 Å². The van der Waals surface area contributed by atoms with Crippen LogP contribution < -0.4 is 0 Å². The Morgan fingerprint density at radius 2 is 1.36 bits per heavy atom. The van der Waals surface area contributed by atoms with E-state index in [9.17, 15) is 30.6 Å². The number of rotatable bonds is 6. The zero-order valence-corrected chi connectivity index (χ0v) is 13.7. The van der Waals surface area contributed by atoms with Crippen molar-refractivity contribution < 1.29 is 54.7 Å². The first-order valence-electron chi connectivity index (χ1n) is 7.96. The third kappa shape index (κ3) is 4.28. The van der Waals surface area contributed by atoms with Crippen molar-refractivity contribution in [3.05, 3.63) is 0 Å². The number of aliphatic hydroxyl groups excluding tert-OH is 7. The summed E-state index contributed by atoms with van der Waals surface area (Å²) in [5.74, 6) is 0. The Morgan fingerprint density at radius 1 is 0.760 bits per heavy atom. The van der Waals surface area contributed by atoms with Crippen molar-refractivity contribution in [2.45, 2.75) is 67.8 Å². The van der Waals surface area contributed by atoms with Crippen LogP contribution in [0.3, 0.4) is 0 Å². The van der Waals surface area contributed by atoms with Crippen LogP contribution in [0.2, 0.25) is 0 Å². The molecule has 25 heavy (non-hydrogen) atoms. The van der Waals surface area contributed by atoms with Gasteiger partial charge >= 0.3 is 0 Å². The van der Waals surface area contributed by atoms with Gasteiger partial charge in [0.25, 0.3) is 0 Å². The number of aliphatic hydroxyl groups is 7. The van der Waals surface area contributed by atoms with Gasteiger partial charge in [-0.2, -0.15) is 0 Å². The second kappa shape index (κ2) is 8.97. The summed E-state index contributed by atoms with van der Waals surface area (Å²) in [5.41, 5.74) is 0. The molecule has 2 fully saturated rings. The molecule has 2 heterocycles. The van der Waals surface area contributed by atoms with E-state index in [0.717, 1.165) is 0 Å². The van der Waals surface area contributed by atoms with Gasteiger partial charge in [-0.05, 0) is 6.42 Å². The molecule has 0 aliphatic carbocycles. The zero-order chi connectivity index (χ0) is 18.7. The predicted molar refractivity (Wildman–Crippen MR) is 78.0 cm³/mol. The van der Waals surface area contributed by atoms with Crippen LogP contribution in [0.5, 0.6) is 0 Å². The van der Waals surface area contributed by atoms with E-state index in [-0.39, 0.29) is 13.0 Å². The number of ether oxygens (including phenoxy) is 4. The Hall–Kier alpha value is -0.440. The second-order valence-electron chi connectivity index (χ2n) is 6.07. The maximum Gasteiger partial charge on any atom is 0.187 e. The van der Waals surface area contributed by atoms with E-state index >= 15 is 0 Å². The lowest BCUT2D eigenvalue weighted by atomic mass is 9.96. The van der Waals surface area contributed by atoms with Gasteiger partial charge in [-0.3, -0.25) is 0 Å². The first-order valence-corrected chi connectivity index (χ1v) is 7.96. The van der Waals surface area contributed by atoms with Gasteiger partial charge in [0.1, 0.15) is 42.7 Å².